The maximum atomic E-state index is 13.3. The second kappa shape index (κ2) is 7.47. The molecule has 1 saturated heterocycles. The second-order valence-electron chi connectivity index (χ2n) is 8.41. The van der Waals surface area contributed by atoms with Crippen molar-refractivity contribution in [1.29, 1.82) is 0 Å². The van der Waals surface area contributed by atoms with Crippen LogP contribution in [0.15, 0.2) is 35.5 Å². The zero-order chi connectivity index (χ0) is 21.7. The fourth-order valence-corrected chi connectivity index (χ4v) is 6.12. The first-order chi connectivity index (χ1) is 14.1. The minimum absolute atomic E-state index is 0.0980. The lowest BCUT2D eigenvalue weighted by molar-refractivity contribution is -0.177. The average Bonchev–Trinajstić information content (AvgIpc) is 3.19. The smallest absolute Gasteiger partial charge is 0.253 e. The topological polar surface area (TPSA) is 84.7 Å². The number of piperidine rings is 1. The summed E-state index contributed by atoms with van der Waals surface area (Å²) in [5.41, 5.74) is 0.892. The number of aromatic nitrogens is 2. The van der Waals surface area contributed by atoms with Crippen molar-refractivity contribution in [2.45, 2.75) is 49.8 Å². The number of likely N-dealkylation sites (N-methyl/N-ethyl adjacent to an activating group) is 1. The summed E-state index contributed by atoms with van der Waals surface area (Å²) in [5, 5.41) is 0. The van der Waals surface area contributed by atoms with E-state index in [1.54, 1.807) is 26.4 Å². The zero-order valence-corrected chi connectivity index (χ0v) is 18.6. The third-order valence-electron chi connectivity index (χ3n) is 6.06. The normalized spacial score (nSPS) is 21.4. The molecule has 4 rings (SSSR count). The van der Waals surface area contributed by atoms with Crippen molar-refractivity contribution in [2.75, 3.05) is 27.2 Å². The maximum Gasteiger partial charge on any atom is 0.253 e. The molecule has 0 saturated carbocycles. The molecule has 8 nitrogen and oxygen atoms in total. The van der Waals surface area contributed by atoms with Crippen LogP contribution in [-0.4, -0.2) is 66.4 Å². The molecule has 9 heteroatoms. The predicted molar refractivity (Wildman–Crippen MR) is 111 cm³/mol. The number of hydrogen-bond donors (Lipinski definition) is 0. The molecule has 1 atom stereocenters. The molecule has 1 aromatic heterocycles. The summed E-state index contributed by atoms with van der Waals surface area (Å²) in [6.45, 7) is 4.74. The molecule has 1 spiro atoms. The number of benzene rings is 1. The Morgan fingerprint density at radius 1 is 1.23 bits per heavy atom. The van der Waals surface area contributed by atoms with Crippen LogP contribution in [0.5, 0.6) is 0 Å². The summed E-state index contributed by atoms with van der Waals surface area (Å²) < 4.78 is 36.4. The van der Waals surface area contributed by atoms with Gasteiger partial charge in [0, 0.05) is 39.6 Å². The van der Waals surface area contributed by atoms with Gasteiger partial charge in [-0.25, -0.2) is 13.4 Å². The number of fused-ring (bicyclic) bond motifs is 2. The van der Waals surface area contributed by atoms with Gasteiger partial charge < -0.3 is 14.2 Å². The maximum absolute atomic E-state index is 13.3. The highest BCUT2D eigenvalue weighted by Gasteiger charge is 2.49. The molecule has 0 aliphatic carbocycles. The largest absolute Gasteiger partial charge is 0.352 e. The fraction of sp³-hybridized carbons (Fsp3) is 0.524. The van der Waals surface area contributed by atoms with Gasteiger partial charge in [-0.15, -0.1) is 0 Å². The van der Waals surface area contributed by atoms with Crippen LogP contribution in [-0.2, 0) is 31.7 Å². The van der Waals surface area contributed by atoms with Crippen molar-refractivity contribution >= 4 is 15.9 Å². The number of imidazole rings is 1. The van der Waals surface area contributed by atoms with Crippen molar-refractivity contribution in [2.24, 2.45) is 0 Å². The van der Waals surface area contributed by atoms with Gasteiger partial charge in [-0.3, -0.25) is 4.79 Å². The number of carbonyl (C=O) groups is 1. The summed E-state index contributed by atoms with van der Waals surface area (Å²) >= 11 is 0. The molecule has 0 bridgehead atoms. The van der Waals surface area contributed by atoms with Crippen LogP contribution >= 0.6 is 0 Å². The summed E-state index contributed by atoms with van der Waals surface area (Å²) in [4.78, 5) is 19.0. The summed E-state index contributed by atoms with van der Waals surface area (Å²) in [7, 11) is -0.183. The summed E-state index contributed by atoms with van der Waals surface area (Å²) in [6, 6.07) is 5.48. The Balaban J connectivity index is 1.60. The highest BCUT2D eigenvalue weighted by molar-refractivity contribution is 7.89. The van der Waals surface area contributed by atoms with Gasteiger partial charge in [-0.2, -0.15) is 4.31 Å². The van der Waals surface area contributed by atoms with Crippen molar-refractivity contribution in [1.82, 2.24) is 18.8 Å². The van der Waals surface area contributed by atoms with Gasteiger partial charge in [-0.1, -0.05) is 12.1 Å². The average molecular weight is 433 g/mol. The molecule has 1 fully saturated rings. The van der Waals surface area contributed by atoms with Crippen LogP contribution in [0.25, 0.3) is 0 Å². The monoisotopic (exact) mass is 432 g/mol. The van der Waals surface area contributed by atoms with E-state index < -0.39 is 21.7 Å². The van der Waals surface area contributed by atoms with Crippen molar-refractivity contribution in [3.05, 3.63) is 47.5 Å². The fourth-order valence-electron chi connectivity index (χ4n) is 4.37. The first kappa shape index (κ1) is 21.0. The predicted octanol–water partition coefficient (Wildman–Crippen LogP) is 1.67. The van der Waals surface area contributed by atoms with E-state index in [2.05, 4.69) is 4.98 Å². The van der Waals surface area contributed by atoms with Crippen molar-refractivity contribution in [3.8, 4) is 0 Å². The molecule has 1 unspecified atom stereocenters. The van der Waals surface area contributed by atoms with Crippen LogP contribution in [0.3, 0.4) is 0 Å². The van der Waals surface area contributed by atoms with E-state index in [0.717, 1.165) is 17.0 Å². The van der Waals surface area contributed by atoms with Crippen molar-refractivity contribution in [3.63, 3.8) is 0 Å². The summed E-state index contributed by atoms with van der Waals surface area (Å²) in [5.74, 6) is 0.674. The molecular formula is C21H28N4O4S. The number of hydrogen-bond acceptors (Lipinski definition) is 5. The SMILES string of the molecule is Cc1ccc(C)c(S(=O)(=O)N2CCC3(CC2)OC(C(=O)N(C)C)Cn2ccnc23)c1. The highest BCUT2D eigenvalue weighted by atomic mass is 32.2. The first-order valence-electron chi connectivity index (χ1n) is 10.1. The van der Waals surface area contributed by atoms with E-state index in [9.17, 15) is 13.2 Å². The quantitative estimate of drug-likeness (QED) is 0.737. The zero-order valence-electron chi connectivity index (χ0n) is 17.8. The molecule has 162 valence electrons. The molecule has 0 N–H and O–H groups in total. The molecule has 1 aromatic carbocycles. The molecule has 1 amide bonds. The third-order valence-corrected chi connectivity index (χ3v) is 8.10. The highest BCUT2D eigenvalue weighted by Crippen LogP contribution is 2.41. The molecule has 3 heterocycles. The van der Waals surface area contributed by atoms with E-state index in [-0.39, 0.29) is 5.91 Å². The lowest BCUT2D eigenvalue weighted by Gasteiger charge is -2.45. The molecule has 2 aliphatic rings. The van der Waals surface area contributed by atoms with Crippen molar-refractivity contribution < 1.29 is 17.9 Å². The molecule has 0 radical (unpaired) electrons. The van der Waals surface area contributed by atoms with E-state index in [1.807, 2.05) is 36.7 Å². The van der Waals surface area contributed by atoms with Crippen LogP contribution < -0.4 is 0 Å². The number of nitrogens with zero attached hydrogens (tertiary/aromatic N) is 4. The second-order valence-corrected chi connectivity index (χ2v) is 10.3. The molecule has 2 aromatic rings. The van der Waals surface area contributed by atoms with E-state index >= 15 is 0 Å². The minimum Gasteiger partial charge on any atom is -0.352 e. The summed E-state index contributed by atoms with van der Waals surface area (Å²) in [6.07, 6.45) is 3.86. The Labute approximate surface area is 177 Å². The Hall–Kier alpha value is -2.23. The Bertz CT molecular complexity index is 1070. The standard InChI is InChI=1S/C21H28N4O4S/c1-15-5-6-16(2)18(13-15)30(27,28)25-10-7-21(8-11-25)20-22-9-12-24(20)14-17(29-21)19(26)23(3)4/h5-6,9,12-13,17H,7-8,10-11,14H2,1-4H3. The Morgan fingerprint density at radius 2 is 1.93 bits per heavy atom. The lowest BCUT2D eigenvalue weighted by Crippen LogP contribution is -2.54. The van der Waals surface area contributed by atoms with Crippen LogP contribution in [0.4, 0.5) is 0 Å². The number of carbonyl (C=O) groups excluding carboxylic acids is 1. The van der Waals surface area contributed by atoms with Gasteiger partial charge in [-0.05, 0) is 43.9 Å². The number of ether oxygens (including phenoxy) is 1. The van der Waals surface area contributed by atoms with E-state index in [4.69, 9.17) is 4.74 Å². The third kappa shape index (κ3) is 3.44. The number of sulfonamides is 1. The van der Waals surface area contributed by atoms with Gasteiger partial charge in [0.05, 0.1) is 11.4 Å². The number of aryl methyl sites for hydroxylation is 2. The number of amides is 1. The van der Waals surface area contributed by atoms with Gasteiger partial charge >= 0.3 is 0 Å². The minimum atomic E-state index is -3.60. The molecule has 2 aliphatic heterocycles. The van der Waals surface area contributed by atoms with Crippen LogP contribution in [0.1, 0.15) is 29.8 Å². The van der Waals surface area contributed by atoms with Gasteiger partial charge in [0.1, 0.15) is 11.4 Å². The molecular weight excluding hydrogens is 404 g/mol. The van der Waals surface area contributed by atoms with Crippen LogP contribution in [0.2, 0.25) is 0 Å². The van der Waals surface area contributed by atoms with Gasteiger partial charge in [0.2, 0.25) is 10.0 Å². The Morgan fingerprint density at radius 3 is 2.60 bits per heavy atom. The molecule has 30 heavy (non-hydrogen) atoms. The Kier molecular flexibility index (Phi) is 5.24. The van der Waals surface area contributed by atoms with Crippen LogP contribution in [0, 0.1) is 13.8 Å². The first-order valence-corrected chi connectivity index (χ1v) is 11.6. The van der Waals surface area contributed by atoms with Gasteiger partial charge in [0.15, 0.2) is 6.10 Å². The number of rotatable bonds is 3. The van der Waals surface area contributed by atoms with Gasteiger partial charge in [0.25, 0.3) is 5.91 Å². The van der Waals surface area contributed by atoms with E-state index in [1.165, 1.54) is 9.21 Å². The van der Waals surface area contributed by atoms with E-state index in [0.29, 0.717) is 37.4 Å². The lowest BCUT2D eigenvalue weighted by atomic mass is 9.89.